The van der Waals surface area contributed by atoms with E-state index in [9.17, 15) is 9.90 Å². The van der Waals surface area contributed by atoms with Crippen LogP contribution < -0.4 is 10.1 Å². The van der Waals surface area contributed by atoms with Gasteiger partial charge < -0.3 is 15.2 Å². The average molecular weight is 406 g/mol. The molecule has 25 heavy (non-hydrogen) atoms. The van der Waals surface area contributed by atoms with Gasteiger partial charge in [-0.25, -0.2) is 0 Å². The topological polar surface area (TPSA) is 58.6 Å². The van der Waals surface area contributed by atoms with E-state index < -0.39 is 5.60 Å². The molecule has 1 amide bonds. The predicted molar refractivity (Wildman–Crippen MR) is 103 cm³/mol. The van der Waals surface area contributed by atoms with Gasteiger partial charge >= 0.3 is 0 Å². The van der Waals surface area contributed by atoms with Crippen molar-refractivity contribution in [2.24, 2.45) is 0 Å². The first kappa shape index (κ1) is 19.5. The second-order valence-corrected chi connectivity index (χ2v) is 7.24. The Labute approximate surface area is 157 Å². The van der Waals surface area contributed by atoms with Crippen molar-refractivity contribution in [3.8, 4) is 5.75 Å². The molecule has 0 unspecified atom stereocenters. The van der Waals surface area contributed by atoms with Crippen LogP contribution in [0.5, 0.6) is 5.75 Å². The third kappa shape index (κ3) is 6.52. The number of aryl methyl sites for hydroxylation is 1. The van der Waals surface area contributed by atoms with Gasteiger partial charge in [-0.3, -0.25) is 4.79 Å². The van der Waals surface area contributed by atoms with Crippen LogP contribution in [-0.4, -0.2) is 30.3 Å². The highest BCUT2D eigenvalue weighted by atomic mass is 79.9. The van der Waals surface area contributed by atoms with Crippen LogP contribution in [0.4, 0.5) is 0 Å². The number of methoxy groups -OCH3 is 1. The van der Waals surface area contributed by atoms with Gasteiger partial charge in [0.15, 0.2) is 0 Å². The molecule has 0 aliphatic rings. The molecule has 0 aliphatic heterocycles. The Kier molecular flexibility index (Phi) is 7.02. The molecule has 0 saturated carbocycles. The maximum absolute atomic E-state index is 12.1. The molecule has 5 heteroatoms. The Morgan fingerprint density at radius 2 is 1.88 bits per heavy atom. The number of hydrogen-bond donors (Lipinski definition) is 2. The molecule has 2 aromatic carbocycles. The van der Waals surface area contributed by atoms with Crippen LogP contribution in [0.25, 0.3) is 0 Å². The summed E-state index contributed by atoms with van der Waals surface area (Å²) in [5, 5.41) is 13.3. The normalized spacial score (nSPS) is 13.1. The number of benzene rings is 2. The number of hydrogen-bond acceptors (Lipinski definition) is 3. The summed E-state index contributed by atoms with van der Waals surface area (Å²) < 4.78 is 6.14. The van der Waals surface area contributed by atoms with Crippen molar-refractivity contribution in [1.29, 1.82) is 0 Å². The monoisotopic (exact) mass is 405 g/mol. The zero-order valence-corrected chi connectivity index (χ0v) is 16.2. The predicted octanol–water partition coefficient (Wildman–Crippen LogP) is 3.50. The van der Waals surface area contributed by atoms with Crippen molar-refractivity contribution in [2.75, 3.05) is 13.7 Å². The Bertz CT molecular complexity index is 698. The van der Waals surface area contributed by atoms with E-state index in [0.717, 1.165) is 21.3 Å². The zero-order valence-electron chi connectivity index (χ0n) is 14.6. The van der Waals surface area contributed by atoms with Crippen molar-refractivity contribution in [2.45, 2.75) is 31.8 Å². The fourth-order valence-corrected chi connectivity index (χ4v) is 3.06. The number of rotatable bonds is 8. The van der Waals surface area contributed by atoms with Gasteiger partial charge in [0.05, 0.1) is 12.7 Å². The number of amides is 1. The highest BCUT2D eigenvalue weighted by Gasteiger charge is 2.22. The largest absolute Gasteiger partial charge is 0.497 e. The lowest BCUT2D eigenvalue weighted by Crippen LogP contribution is -2.42. The van der Waals surface area contributed by atoms with Gasteiger partial charge in [-0.2, -0.15) is 0 Å². The molecular weight excluding hydrogens is 382 g/mol. The fourth-order valence-electron chi connectivity index (χ4n) is 2.57. The highest BCUT2D eigenvalue weighted by molar-refractivity contribution is 9.10. The van der Waals surface area contributed by atoms with Gasteiger partial charge in [-0.05, 0) is 42.7 Å². The number of carbonyl (C=O) groups excluding carboxylic acids is 1. The maximum atomic E-state index is 12.1. The van der Waals surface area contributed by atoms with Gasteiger partial charge in [-0.1, -0.05) is 46.3 Å². The van der Waals surface area contributed by atoms with Gasteiger partial charge in [0.2, 0.25) is 5.91 Å². The third-order valence-electron chi connectivity index (χ3n) is 3.99. The molecular formula is C20H24BrNO3. The maximum Gasteiger partial charge on any atom is 0.220 e. The molecule has 0 radical (unpaired) electrons. The average Bonchev–Trinajstić information content (AvgIpc) is 2.60. The summed E-state index contributed by atoms with van der Waals surface area (Å²) in [5.74, 6) is 0.717. The van der Waals surface area contributed by atoms with E-state index in [1.54, 1.807) is 14.0 Å². The van der Waals surface area contributed by atoms with Crippen LogP contribution in [0.2, 0.25) is 0 Å². The molecule has 1 atom stereocenters. The van der Waals surface area contributed by atoms with Crippen molar-refractivity contribution in [1.82, 2.24) is 5.32 Å². The standard InChI is InChI=1S/C20H24BrNO3/c1-20(24,13-15-7-10-17(25-2)11-8-15)14-22-19(23)12-9-16-5-3-4-6-18(16)21/h3-8,10-11,24H,9,12-14H2,1-2H3,(H,22,23)/t20-/m1/s1. The molecule has 2 aromatic rings. The third-order valence-corrected chi connectivity index (χ3v) is 4.76. The first-order chi connectivity index (χ1) is 11.9. The van der Waals surface area contributed by atoms with Crippen molar-refractivity contribution >= 4 is 21.8 Å². The summed E-state index contributed by atoms with van der Waals surface area (Å²) in [5.41, 5.74) is 1.09. The summed E-state index contributed by atoms with van der Waals surface area (Å²) in [6, 6.07) is 15.4. The quantitative estimate of drug-likeness (QED) is 0.706. The van der Waals surface area contributed by atoms with Crippen LogP contribution >= 0.6 is 15.9 Å². The molecule has 2 rings (SSSR count). The second-order valence-electron chi connectivity index (χ2n) is 6.39. The molecule has 0 bridgehead atoms. The van der Waals surface area contributed by atoms with E-state index in [-0.39, 0.29) is 12.5 Å². The minimum Gasteiger partial charge on any atom is -0.497 e. The van der Waals surface area contributed by atoms with E-state index in [1.165, 1.54) is 0 Å². The molecule has 0 aliphatic carbocycles. The molecule has 0 fully saturated rings. The number of ether oxygens (including phenoxy) is 1. The molecule has 4 nitrogen and oxygen atoms in total. The van der Waals surface area contributed by atoms with E-state index in [1.807, 2.05) is 48.5 Å². The minimum absolute atomic E-state index is 0.0641. The Hall–Kier alpha value is -1.85. The number of nitrogens with one attached hydrogen (secondary N) is 1. The van der Waals surface area contributed by atoms with Crippen molar-refractivity contribution < 1.29 is 14.6 Å². The second kappa shape index (κ2) is 9.02. The van der Waals surface area contributed by atoms with Gasteiger partial charge in [0.1, 0.15) is 5.75 Å². The molecule has 0 saturated heterocycles. The van der Waals surface area contributed by atoms with Crippen LogP contribution in [0.15, 0.2) is 53.0 Å². The summed E-state index contributed by atoms with van der Waals surface area (Å²) in [6.45, 7) is 1.94. The lowest BCUT2D eigenvalue weighted by Gasteiger charge is -2.24. The number of carbonyl (C=O) groups is 1. The van der Waals surface area contributed by atoms with E-state index >= 15 is 0 Å². The lowest BCUT2D eigenvalue weighted by atomic mass is 9.96. The van der Waals surface area contributed by atoms with Gasteiger partial charge in [0, 0.05) is 23.9 Å². The molecule has 0 aromatic heterocycles. The summed E-state index contributed by atoms with van der Waals surface area (Å²) >= 11 is 3.48. The van der Waals surface area contributed by atoms with E-state index in [2.05, 4.69) is 21.2 Å². The van der Waals surface area contributed by atoms with Crippen LogP contribution in [0.1, 0.15) is 24.5 Å². The van der Waals surface area contributed by atoms with Crippen LogP contribution in [0.3, 0.4) is 0 Å². The van der Waals surface area contributed by atoms with Crippen molar-refractivity contribution in [3.63, 3.8) is 0 Å². The van der Waals surface area contributed by atoms with Crippen molar-refractivity contribution in [3.05, 3.63) is 64.1 Å². The van der Waals surface area contributed by atoms with Crippen LogP contribution in [0, 0.1) is 0 Å². The zero-order chi connectivity index (χ0) is 18.3. The number of halogens is 1. The Balaban J connectivity index is 1.79. The Morgan fingerprint density at radius 3 is 2.52 bits per heavy atom. The summed E-state index contributed by atoms with van der Waals surface area (Å²) in [6.07, 6.45) is 1.51. The lowest BCUT2D eigenvalue weighted by molar-refractivity contribution is -0.122. The first-order valence-electron chi connectivity index (χ1n) is 8.25. The van der Waals surface area contributed by atoms with Gasteiger partial charge in [-0.15, -0.1) is 0 Å². The fraction of sp³-hybridized carbons (Fsp3) is 0.350. The highest BCUT2D eigenvalue weighted by Crippen LogP contribution is 2.18. The number of aliphatic hydroxyl groups is 1. The van der Waals surface area contributed by atoms with Crippen LogP contribution in [-0.2, 0) is 17.6 Å². The molecule has 0 heterocycles. The minimum atomic E-state index is -1.00. The van der Waals surface area contributed by atoms with Gasteiger partial charge in [0.25, 0.3) is 0 Å². The first-order valence-corrected chi connectivity index (χ1v) is 9.04. The molecule has 2 N–H and O–H groups in total. The van der Waals surface area contributed by atoms with E-state index in [4.69, 9.17) is 4.74 Å². The molecule has 134 valence electrons. The smallest absolute Gasteiger partial charge is 0.220 e. The summed E-state index contributed by atoms with van der Waals surface area (Å²) in [4.78, 5) is 12.1. The Morgan fingerprint density at radius 1 is 1.20 bits per heavy atom. The molecule has 0 spiro atoms. The van der Waals surface area contributed by atoms with E-state index in [0.29, 0.717) is 19.3 Å². The SMILES string of the molecule is COc1ccc(C[C@@](C)(O)CNC(=O)CCc2ccccc2Br)cc1. The summed E-state index contributed by atoms with van der Waals surface area (Å²) in [7, 11) is 1.62.